The molecule has 0 N–H and O–H groups in total. The van der Waals surface area contributed by atoms with Gasteiger partial charge < -0.3 is 9.80 Å². The number of nitrogens with zero attached hydrogens (tertiary/aromatic N) is 4. The molecule has 1 saturated carbocycles. The zero-order chi connectivity index (χ0) is 15.2. The van der Waals surface area contributed by atoms with Gasteiger partial charge in [-0.3, -0.25) is 4.79 Å². The highest BCUT2D eigenvalue weighted by atomic mass is 16.2. The fraction of sp³-hybridized carbons (Fsp3) is 0.588. The summed E-state index contributed by atoms with van der Waals surface area (Å²) < 4.78 is 0. The molecule has 0 aromatic carbocycles. The van der Waals surface area contributed by atoms with Gasteiger partial charge in [0.15, 0.2) is 0 Å². The zero-order valence-electron chi connectivity index (χ0n) is 12.7. The first-order valence-corrected chi connectivity index (χ1v) is 8.11. The Morgan fingerprint density at radius 3 is 2.64 bits per heavy atom. The smallest absolute Gasteiger partial charge is 0.230 e. The summed E-state index contributed by atoms with van der Waals surface area (Å²) in [5.41, 5.74) is 0.500. The predicted molar refractivity (Wildman–Crippen MR) is 82.1 cm³/mol. The van der Waals surface area contributed by atoms with Crippen molar-refractivity contribution in [2.24, 2.45) is 11.3 Å². The Morgan fingerprint density at radius 1 is 1.32 bits per heavy atom. The quantitative estimate of drug-likeness (QED) is 0.798. The maximum atomic E-state index is 12.5. The topological polar surface area (TPSA) is 60.2 Å². The van der Waals surface area contributed by atoms with Crippen LogP contribution >= 0.6 is 0 Å². The van der Waals surface area contributed by atoms with Gasteiger partial charge in [0.05, 0.1) is 11.0 Å². The molecule has 0 bridgehead atoms. The Bertz CT molecular complexity index is 621. The van der Waals surface area contributed by atoms with Crippen LogP contribution < -0.4 is 4.90 Å². The third kappa shape index (κ3) is 2.23. The molecule has 0 atom stereocenters. The summed E-state index contributed by atoms with van der Waals surface area (Å²) in [5, 5.41) is 8.82. The summed E-state index contributed by atoms with van der Waals surface area (Å²) in [7, 11) is 0. The molecule has 3 aliphatic rings. The molecule has 1 spiro atoms. The third-order valence-corrected chi connectivity index (χ3v) is 5.33. The van der Waals surface area contributed by atoms with Crippen LogP contribution in [0.4, 0.5) is 5.82 Å². The lowest BCUT2D eigenvalue weighted by molar-refractivity contribution is -0.162. The molecule has 3 heterocycles. The van der Waals surface area contributed by atoms with E-state index in [9.17, 15) is 4.79 Å². The van der Waals surface area contributed by atoms with Gasteiger partial charge in [-0.2, -0.15) is 5.26 Å². The molecule has 0 radical (unpaired) electrons. The second kappa shape index (κ2) is 4.98. The van der Waals surface area contributed by atoms with Crippen molar-refractivity contribution in [3.05, 3.63) is 23.9 Å². The fourth-order valence-electron chi connectivity index (χ4n) is 3.68. The zero-order valence-corrected chi connectivity index (χ0v) is 12.7. The Balaban J connectivity index is 1.36. The number of carbonyl (C=O) groups is 1. The number of piperidine rings is 1. The molecular weight excluding hydrogens is 276 g/mol. The lowest BCUT2D eigenvalue weighted by Gasteiger charge is -2.52. The molecule has 1 aliphatic carbocycles. The van der Waals surface area contributed by atoms with Crippen LogP contribution in [0.1, 0.15) is 31.2 Å². The number of β-lactam (4-membered cyclic amide) rings is 1. The van der Waals surface area contributed by atoms with Crippen molar-refractivity contribution in [1.82, 2.24) is 9.88 Å². The van der Waals surface area contributed by atoms with E-state index in [2.05, 4.69) is 20.9 Å². The van der Waals surface area contributed by atoms with Gasteiger partial charge in [0, 0.05) is 32.4 Å². The Kier molecular flexibility index (Phi) is 3.07. The van der Waals surface area contributed by atoms with Crippen molar-refractivity contribution in [2.75, 3.05) is 31.1 Å². The van der Waals surface area contributed by atoms with E-state index in [0.717, 1.165) is 50.8 Å². The Labute approximate surface area is 130 Å². The minimum absolute atomic E-state index is 0.0853. The SMILES string of the molecule is N#Cc1ccc(N2CCC3(CC2)CN(CC2CC2)C3=O)nc1. The summed E-state index contributed by atoms with van der Waals surface area (Å²) in [5.74, 6) is 2.08. The van der Waals surface area contributed by atoms with Gasteiger partial charge in [-0.05, 0) is 43.7 Å². The van der Waals surface area contributed by atoms with E-state index in [-0.39, 0.29) is 5.41 Å². The van der Waals surface area contributed by atoms with E-state index in [1.165, 1.54) is 12.8 Å². The highest BCUT2D eigenvalue weighted by Crippen LogP contribution is 2.44. The number of carbonyl (C=O) groups excluding carboxylic acids is 1. The van der Waals surface area contributed by atoms with E-state index < -0.39 is 0 Å². The van der Waals surface area contributed by atoms with E-state index in [0.29, 0.717) is 11.5 Å². The van der Waals surface area contributed by atoms with Crippen LogP contribution in [0.25, 0.3) is 0 Å². The number of nitriles is 1. The number of hydrogen-bond acceptors (Lipinski definition) is 4. The second-order valence-electron chi connectivity index (χ2n) is 6.91. The average molecular weight is 296 g/mol. The monoisotopic (exact) mass is 296 g/mol. The summed E-state index contributed by atoms with van der Waals surface area (Å²) in [6.07, 6.45) is 6.07. The van der Waals surface area contributed by atoms with Crippen LogP contribution in [0.15, 0.2) is 18.3 Å². The van der Waals surface area contributed by atoms with Crippen LogP contribution in [0, 0.1) is 22.7 Å². The molecule has 3 fully saturated rings. The summed E-state index contributed by atoms with van der Waals surface area (Å²) in [6.45, 7) is 3.70. The van der Waals surface area contributed by atoms with Crippen molar-refractivity contribution in [1.29, 1.82) is 5.26 Å². The molecule has 1 aromatic rings. The number of aromatic nitrogens is 1. The number of pyridine rings is 1. The lowest BCUT2D eigenvalue weighted by atomic mass is 9.71. The molecule has 5 heteroatoms. The van der Waals surface area contributed by atoms with Crippen LogP contribution in [0.2, 0.25) is 0 Å². The molecule has 114 valence electrons. The number of likely N-dealkylation sites (tertiary alicyclic amines) is 1. The third-order valence-electron chi connectivity index (χ3n) is 5.33. The van der Waals surface area contributed by atoms with Gasteiger partial charge >= 0.3 is 0 Å². The average Bonchev–Trinajstić information content (AvgIpc) is 3.39. The predicted octanol–water partition coefficient (Wildman–Crippen LogP) is 1.79. The van der Waals surface area contributed by atoms with E-state index >= 15 is 0 Å². The Morgan fingerprint density at radius 2 is 2.09 bits per heavy atom. The van der Waals surface area contributed by atoms with E-state index in [1.807, 2.05) is 6.07 Å². The number of amides is 1. The van der Waals surface area contributed by atoms with Crippen molar-refractivity contribution in [2.45, 2.75) is 25.7 Å². The van der Waals surface area contributed by atoms with Crippen molar-refractivity contribution in [3.8, 4) is 6.07 Å². The van der Waals surface area contributed by atoms with Gasteiger partial charge in [0.1, 0.15) is 11.9 Å². The maximum absolute atomic E-state index is 12.5. The minimum atomic E-state index is -0.0853. The largest absolute Gasteiger partial charge is 0.357 e. The van der Waals surface area contributed by atoms with Crippen LogP contribution in [0.3, 0.4) is 0 Å². The molecule has 5 nitrogen and oxygen atoms in total. The van der Waals surface area contributed by atoms with Crippen LogP contribution in [0.5, 0.6) is 0 Å². The second-order valence-corrected chi connectivity index (χ2v) is 6.91. The number of rotatable bonds is 3. The van der Waals surface area contributed by atoms with Gasteiger partial charge in [-0.15, -0.1) is 0 Å². The normalized spacial score (nSPS) is 23.3. The molecule has 2 saturated heterocycles. The van der Waals surface area contributed by atoms with Crippen LogP contribution in [-0.4, -0.2) is 42.0 Å². The first-order valence-electron chi connectivity index (χ1n) is 8.11. The highest BCUT2D eigenvalue weighted by molar-refractivity contribution is 5.89. The summed E-state index contributed by atoms with van der Waals surface area (Å²) >= 11 is 0. The molecular formula is C17H20N4O. The van der Waals surface area contributed by atoms with Crippen LogP contribution in [-0.2, 0) is 4.79 Å². The van der Waals surface area contributed by atoms with Crippen molar-refractivity contribution in [3.63, 3.8) is 0 Å². The van der Waals surface area contributed by atoms with Gasteiger partial charge in [-0.1, -0.05) is 0 Å². The van der Waals surface area contributed by atoms with Gasteiger partial charge in [0.25, 0.3) is 0 Å². The standard InChI is InChI=1S/C17H20N4O/c18-9-14-3-4-15(19-10-14)20-7-5-17(6-8-20)12-21(16(17)22)11-13-1-2-13/h3-4,10,13H,1-2,5-8,11-12H2. The molecule has 4 rings (SSSR count). The molecule has 1 amide bonds. The molecule has 2 aliphatic heterocycles. The van der Waals surface area contributed by atoms with Gasteiger partial charge in [-0.25, -0.2) is 4.98 Å². The van der Waals surface area contributed by atoms with Gasteiger partial charge in [0.2, 0.25) is 5.91 Å². The maximum Gasteiger partial charge on any atom is 0.230 e. The summed E-state index contributed by atoms with van der Waals surface area (Å²) in [6, 6.07) is 5.79. The summed E-state index contributed by atoms with van der Waals surface area (Å²) in [4.78, 5) is 21.1. The molecule has 0 unspecified atom stereocenters. The Hall–Kier alpha value is -2.09. The number of hydrogen-bond donors (Lipinski definition) is 0. The van der Waals surface area contributed by atoms with Crippen molar-refractivity contribution < 1.29 is 4.79 Å². The number of anilines is 1. The fourth-order valence-corrected chi connectivity index (χ4v) is 3.68. The lowest BCUT2D eigenvalue weighted by Crippen LogP contribution is -2.65. The minimum Gasteiger partial charge on any atom is -0.357 e. The molecule has 22 heavy (non-hydrogen) atoms. The van der Waals surface area contributed by atoms with Crippen molar-refractivity contribution >= 4 is 11.7 Å². The van der Waals surface area contributed by atoms with E-state index in [4.69, 9.17) is 5.26 Å². The molecule has 1 aromatic heterocycles. The highest BCUT2D eigenvalue weighted by Gasteiger charge is 2.53. The first-order chi connectivity index (χ1) is 10.7. The first kappa shape index (κ1) is 13.6. The van der Waals surface area contributed by atoms with E-state index in [1.54, 1.807) is 12.3 Å².